The van der Waals surface area contributed by atoms with Crippen molar-refractivity contribution in [3.63, 3.8) is 0 Å². The van der Waals surface area contributed by atoms with Gasteiger partial charge in [0, 0.05) is 0 Å². The Bertz CT molecular complexity index is 710. The van der Waals surface area contributed by atoms with Crippen LogP contribution in [-0.4, -0.2) is 17.7 Å². The van der Waals surface area contributed by atoms with Gasteiger partial charge >= 0.3 is 5.97 Å². The molecular formula is C19H21FO3. The highest BCUT2D eigenvalue weighted by atomic mass is 19.1. The minimum absolute atomic E-state index is 0.261. The first-order chi connectivity index (χ1) is 10.9. The molecule has 23 heavy (non-hydrogen) atoms. The standard InChI is InChI=1S/C19H21FO3/c1-12-9-14(3)18(10-13(12)2)23-8-7-17(19(21)22)15-5-4-6-16(20)11-15/h4-6,9-11,17H,7-8H2,1-3H3,(H,21,22). The molecule has 2 aromatic rings. The molecule has 0 aliphatic carbocycles. The van der Waals surface area contributed by atoms with Crippen molar-refractivity contribution >= 4 is 5.97 Å². The van der Waals surface area contributed by atoms with Crippen LogP contribution in [0.15, 0.2) is 36.4 Å². The highest BCUT2D eigenvalue weighted by molar-refractivity contribution is 5.76. The van der Waals surface area contributed by atoms with Gasteiger partial charge in [-0.2, -0.15) is 0 Å². The van der Waals surface area contributed by atoms with Gasteiger partial charge in [0.25, 0.3) is 0 Å². The van der Waals surface area contributed by atoms with Crippen LogP contribution < -0.4 is 4.74 Å². The number of carbonyl (C=O) groups is 1. The molecule has 3 nitrogen and oxygen atoms in total. The summed E-state index contributed by atoms with van der Waals surface area (Å²) in [6, 6.07) is 9.73. The Labute approximate surface area is 135 Å². The molecule has 0 spiro atoms. The lowest BCUT2D eigenvalue weighted by Crippen LogP contribution is -2.15. The molecule has 0 fully saturated rings. The van der Waals surface area contributed by atoms with Crippen molar-refractivity contribution < 1.29 is 19.0 Å². The second-order valence-electron chi connectivity index (χ2n) is 5.78. The normalized spacial score (nSPS) is 12.0. The summed E-state index contributed by atoms with van der Waals surface area (Å²) in [7, 11) is 0. The number of benzene rings is 2. The first kappa shape index (κ1) is 17.0. The molecule has 0 saturated carbocycles. The topological polar surface area (TPSA) is 46.5 Å². The number of hydrogen-bond acceptors (Lipinski definition) is 2. The predicted octanol–water partition coefficient (Wildman–Crippen LogP) is 4.39. The van der Waals surface area contributed by atoms with Crippen LogP contribution in [0.3, 0.4) is 0 Å². The SMILES string of the molecule is Cc1cc(C)c(OCCC(C(=O)O)c2cccc(F)c2)cc1C. The molecular weight excluding hydrogens is 295 g/mol. The second kappa shape index (κ2) is 7.27. The summed E-state index contributed by atoms with van der Waals surface area (Å²) in [5.41, 5.74) is 3.80. The molecule has 1 unspecified atom stereocenters. The zero-order valence-electron chi connectivity index (χ0n) is 13.6. The van der Waals surface area contributed by atoms with Gasteiger partial charge in [0.1, 0.15) is 11.6 Å². The number of rotatable bonds is 6. The quantitative estimate of drug-likeness (QED) is 0.860. The van der Waals surface area contributed by atoms with E-state index in [1.54, 1.807) is 6.07 Å². The molecule has 0 aliphatic rings. The lowest BCUT2D eigenvalue weighted by molar-refractivity contribution is -0.139. The fraction of sp³-hybridized carbons (Fsp3) is 0.316. The van der Waals surface area contributed by atoms with Crippen molar-refractivity contribution in [2.75, 3.05) is 6.61 Å². The first-order valence-electron chi connectivity index (χ1n) is 7.57. The number of ether oxygens (including phenoxy) is 1. The summed E-state index contributed by atoms with van der Waals surface area (Å²) >= 11 is 0. The fourth-order valence-corrected chi connectivity index (χ4v) is 2.53. The molecule has 0 radical (unpaired) electrons. The molecule has 0 bridgehead atoms. The van der Waals surface area contributed by atoms with Crippen molar-refractivity contribution in [2.24, 2.45) is 0 Å². The molecule has 122 valence electrons. The maximum atomic E-state index is 13.3. The van der Waals surface area contributed by atoms with Crippen LogP contribution in [0.25, 0.3) is 0 Å². The Morgan fingerprint density at radius 1 is 1.13 bits per heavy atom. The average Bonchev–Trinajstić information content (AvgIpc) is 2.48. The highest BCUT2D eigenvalue weighted by Crippen LogP contribution is 2.25. The predicted molar refractivity (Wildman–Crippen MR) is 87.5 cm³/mol. The van der Waals surface area contributed by atoms with Gasteiger partial charge < -0.3 is 9.84 Å². The number of carboxylic acids is 1. The molecule has 2 aromatic carbocycles. The Balaban J connectivity index is 2.06. The molecule has 4 heteroatoms. The second-order valence-corrected chi connectivity index (χ2v) is 5.78. The van der Waals surface area contributed by atoms with Gasteiger partial charge in [0.2, 0.25) is 0 Å². The molecule has 0 aliphatic heterocycles. The Kier molecular flexibility index (Phi) is 5.37. The fourth-order valence-electron chi connectivity index (χ4n) is 2.53. The van der Waals surface area contributed by atoms with Crippen LogP contribution in [0.4, 0.5) is 4.39 Å². The van der Waals surface area contributed by atoms with Crippen LogP contribution in [0.5, 0.6) is 5.75 Å². The van der Waals surface area contributed by atoms with E-state index in [4.69, 9.17) is 4.74 Å². The molecule has 0 saturated heterocycles. The Hall–Kier alpha value is -2.36. The van der Waals surface area contributed by atoms with Crippen LogP contribution in [0, 0.1) is 26.6 Å². The summed E-state index contributed by atoms with van der Waals surface area (Å²) in [4.78, 5) is 11.4. The minimum atomic E-state index is -0.976. The number of aliphatic carboxylic acids is 1. The van der Waals surface area contributed by atoms with E-state index in [0.717, 1.165) is 16.9 Å². The highest BCUT2D eigenvalue weighted by Gasteiger charge is 2.20. The summed E-state index contributed by atoms with van der Waals surface area (Å²) < 4.78 is 19.0. The summed E-state index contributed by atoms with van der Waals surface area (Å²) in [6.07, 6.45) is 0.283. The summed E-state index contributed by atoms with van der Waals surface area (Å²) in [5, 5.41) is 9.37. The molecule has 2 rings (SSSR count). The number of hydrogen-bond donors (Lipinski definition) is 1. The van der Waals surface area contributed by atoms with Gasteiger partial charge in [-0.1, -0.05) is 18.2 Å². The third-order valence-electron chi connectivity index (χ3n) is 4.00. The van der Waals surface area contributed by atoms with Crippen LogP contribution in [0.2, 0.25) is 0 Å². The van der Waals surface area contributed by atoms with E-state index in [1.165, 1.54) is 23.8 Å². The van der Waals surface area contributed by atoms with Crippen molar-refractivity contribution in [3.05, 3.63) is 64.5 Å². The van der Waals surface area contributed by atoms with Crippen LogP contribution >= 0.6 is 0 Å². The van der Waals surface area contributed by atoms with E-state index in [-0.39, 0.29) is 13.0 Å². The van der Waals surface area contributed by atoms with Crippen LogP contribution in [0.1, 0.15) is 34.6 Å². The Morgan fingerprint density at radius 2 is 1.83 bits per heavy atom. The number of carboxylic acid groups (broad SMARTS) is 1. The maximum absolute atomic E-state index is 13.3. The lowest BCUT2D eigenvalue weighted by atomic mass is 9.96. The van der Waals surface area contributed by atoms with E-state index in [9.17, 15) is 14.3 Å². The van der Waals surface area contributed by atoms with E-state index in [1.807, 2.05) is 32.9 Å². The zero-order valence-corrected chi connectivity index (χ0v) is 13.6. The summed E-state index contributed by atoms with van der Waals surface area (Å²) in [5.74, 6) is -1.43. The molecule has 0 aromatic heterocycles. The third-order valence-corrected chi connectivity index (χ3v) is 4.00. The van der Waals surface area contributed by atoms with Crippen molar-refractivity contribution in [1.29, 1.82) is 0 Å². The average molecular weight is 316 g/mol. The molecule has 0 heterocycles. The number of halogens is 1. The van der Waals surface area contributed by atoms with Gasteiger partial charge in [-0.15, -0.1) is 0 Å². The lowest BCUT2D eigenvalue weighted by Gasteiger charge is -2.15. The third kappa shape index (κ3) is 4.31. The smallest absolute Gasteiger partial charge is 0.311 e. The molecule has 0 amide bonds. The van der Waals surface area contributed by atoms with Gasteiger partial charge in [-0.05, 0) is 67.6 Å². The van der Waals surface area contributed by atoms with Gasteiger partial charge in [0.05, 0.1) is 12.5 Å². The van der Waals surface area contributed by atoms with Crippen molar-refractivity contribution in [1.82, 2.24) is 0 Å². The van der Waals surface area contributed by atoms with Gasteiger partial charge in [-0.25, -0.2) is 4.39 Å². The monoisotopic (exact) mass is 316 g/mol. The van der Waals surface area contributed by atoms with E-state index >= 15 is 0 Å². The molecule has 1 atom stereocenters. The largest absolute Gasteiger partial charge is 0.493 e. The minimum Gasteiger partial charge on any atom is -0.493 e. The van der Waals surface area contributed by atoms with Crippen molar-refractivity contribution in [3.8, 4) is 5.75 Å². The molecule has 1 N–H and O–H groups in total. The Morgan fingerprint density at radius 3 is 2.48 bits per heavy atom. The summed E-state index contributed by atoms with van der Waals surface area (Å²) in [6.45, 7) is 6.27. The van der Waals surface area contributed by atoms with E-state index in [0.29, 0.717) is 5.56 Å². The van der Waals surface area contributed by atoms with Crippen molar-refractivity contribution in [2.45, 2.75) is 33.1 Å². The first-order valence-corrected chi connectivity index (χ1v) is 7.57. The van der Waals surface area contributed by atoms with E-state index in [2.05, 4.69) is 0 Å². The zero-order chi connectivity index (χ0) is 17.0. The van der Waals surface area contributed by atoms with E-state index < -0.39 is 17.7 Å². The van der Waals surface area contributed by atoms with Gasteiger partial charge in [-0.3, -0.25) is 4.79 Å². The number of aryl methyl sites for hydroxylation is 3. The van der Waals surface area contributed by atoms with Crippen LogP contribution in [-0.2, 0) is 4.79 Å². The maximum Gasteiger partial charge on any atom is 0.311 e. The van der Waals surface area contributed by atoms with Gasteiger partial charge in [0.15, 0.2) is 0 Å².